The van der Waals surface area contributed by atoms with Gasteiger partial charge in [0.05, 0.1) is 10.2 Å². The highest BCUT2D eigenvalue weighted by Crippen LogP contribution is 2.27. The number of aryl methyl sites for hydroxylation is 1. The highest BCUT2D eigenvalue weighted by molar-refractivity contribution is 9.10. The quantitative estimate of drug-likeness (QED) is 0.616. The third-order valence-electron chi connectivity index (χ3n) is 3.06. The lowest BCUT2D eigenvalue weighted by Crippen LogP contribution is -1.96. The van der Waals surface area contributed by atoms with Gasteiger partial charge in [0.2, 0.25) is 0 Å². The average molecular weight is 360 g/mol. The molecule has 3 aromatic rings. The maximum atomic E-state index is 5.79. The van der Waals surface area contributed by atoms with Gasteiger partial charge >= 0.3 is 0 Å². The summed E-state index contributed by atoms with van der Waals surface area (Å²) in [5.74, 6) is 0.836. The minimum atomic E-state index is 0.477. The molecule has 1 heterocycles. The van der Waals surface area contributed by atoms with Crippen LogP contribution in [-0.4, -0.2) is 4.98 Å². The third kappa shape index (κ3) is 3.52. The van der Waals surface area contributed by atoms with Gasteiger partial charge < -0.3 is 4.74 Å². The molecule has 0 fully saturated rings. The topological polar surface area (TPSA) is 22.1 Å². The lowest BCUT2D eigenvalue weighted by Gasteiger charge is -2.05. The van der Waals surface area contributed by atoms with Gasteiger partial charge in [-0.05, 0) is 35.0 Å². The molecule has 21 heavy (non-hydrogen) atoms. The van der Waals surface area contributed by atoms with E-state index in [1.165, 1.54) is 5.56 Å². The minimum Gasteiger partial charge on any atom is -0.486 e. The molecule has 0 radical (unpaired) electrons. The summed E-state index contributed by atoms with van der Waals surface area (Å²) >= 11 is 5.12. The van der Waals surface area contributed by atoms with Gasteiger partial charge in [0.15, 0.2) is 0 Å². The zero-order valence-electron chi connectivity index (χ0n) is 11.5. The summed E-state index contributed by atoms with van der Waals surface area (Å²) in [6, 6.07) is 16.3. The summed E-state index contributed by atoms with van der Waals surface area (Å²) in [5, 5.41) is 3.08. The molecule has 3 rings (SSSR count). The number of para-hydroxylation sites is 1. The van der Waals surface area contributed by atoms with Gasteiger partial charge in [-0.3, -0.25) is 0 Å². The van der Waals surface area contributed by atoms with Crippen molar-refractivity contribution in [2.45, 2.75) is 13.5 Å². The van der Waals surface area contributed by atoms with Crippen molar-refractivity contribution in [1.82, 2.24) is 4.98 Å². The number of rotatable bonds is 4. The van der Waals surface area contributed by atoms with Crippen LogP contribution in [0.15, 0.2) is 58.4 Å². The maximum absolute atomic E-state index is 5.79. The Morgan fingerprint density at radius 1 is 1.10 bits per heavy atom. The Bertz CT molecular complexity index is 737. The van der Waals surface area contributed by atoms with Gasteiger partial charge in [-0.25, -0.2) is 4.98 Å². The number of thiazole rings is 1. The van der Waals surface area contributed by atoms with E-state index in [9.17, 15) is 0 Å². The Labute approximate surface area is 136 Å². The molecule has 4 heteroatoms. The Hall–Kier alpha value is -1.65. The number of ether oxygens (including phenoxy) is 1. The Morgan fingerprint density at radius 3 is 2.62 bits per heavy atom. The Balaban J connectivity index is 1.71. The predicted molar refractivity (Wildman–Crippen MR) is 90.8 cm³/mol. The summed E-state index contributed by atoms with van der Waals surface area (Å²) in [6.07, 6.45) is 0. The first-order chi connectivity index (χ1) is 10.2. The predicted octanol–water partition coefficient (Wildman–Crippen LogP) is 5.46. The molecule has 0 saturated carbocycles. The monoisotopic (exact) mass is 359 g/mol. The fourth-order valence-corrected chi connectivity index (χ4v) is 3.13. The second-order valence-electron chi connectivity index (χ2n) is 4.73. The van der Waals surface area contributed by atoms with Gasteiger partial charge in [0.25, 0.3) is 0 Å². The highest BCUT2D eigenvalue weighted by atomic mass is 79.9. The second kappa shape index (κ2) is 6.41. The molecule has 0 aliphatic carbocycles. The van der Waals surface area contributed by atoms with Gasteiger partial charge in [-0.1, -0.05) is 42.0 Å². The normalized spacial score (nSPS) is 10.6. The van der Waals surface area contributed by atoms with Crippen molar-refractivity contribution in [2.75, 3.05) is 0 Å². The first-order valence-electron chi connectivity index (χ1n) is 6.61. The molecular weight excluding hydrogens is 346 g/mol. The molecule has 0 aliphatic rings. The largest absolute Gasteiger partial charge is 0.486 e. The molecular formula is C17H14BrNOS. The number of nitrogens with zero attached hydrogens (tertiary/aromatic N) is 1. The lowest BCUT2D eigenvalue weighted by molar-refractivity contribution is 0.300. The van der Waals surface area contributed by atoms with Crippen LogP contribution in [0.2, 0.25) is 0 Å². The zero-order chi connectivity index (χ0) is 14.7. The summed E-state index contributed by atoms with van der Waals surface area (Å²) < 4.78 is 6.75. The van der Waals surface area contributed by atoms with Crippen molar-refractivity contribution < 1.29 is 4.74 Å². The standard InChI is InChI=1S/C17H14BrNOS/c1-12-6-8-13(9-7-12)17-19-14(11-21-17)10-20-16-5-3-2-4-15(16)18/h2-9,11H,10H2,1H3. The molecule has 0 atom stereocenters. The van der Waals surface area contributed by atoms with Crippen LogP contribution in [0, 0.1) is 6.92 Å². The van der Waals surface area contributed by atoms with Crippen molar-refractivity contribution in [2.24, 2.45) is 0 Å². The Kier molecular flexibility index (Phi) is 4.36. The molecule has 0 saturated heterocycles. The van der Waals surface area contributed by atoms with E-state index in [1.54, 1.807) is 11.3 Å². The van der Waals surface area contributed by atoms with E-state index in [0.717, 1.165) is 26.5 Å². The first kappa shape index (κ1) is 14.3. The number of benzene rings is 2. The second-order valence-corrected chi connectivity index (χ2v) is 6.44. The maximum Gasteiger partial charge on any atom is 0.134 e. The van der Waals surface area contributed by atoms with Gasteiger partial charge in [-0.2, -0.15) is 0 Å². The minimum absolute atomic E-state index is 0.477. The molecule has 0 unspecified atom stereocenters. The number of hydrogen-bond donors (Lipinski definition) is 0. The van der Waals surface area contributed by atoms with Crippen LogP contribution in [0.5, 0.6) is 5.75 Å². The highest BCUT2D eigenvalue weighted by Gasteiger charge is 2.06. The summed E-state index contributed by atoms with van der Waals surface area (Å²) in [5.41, 5.74) is 3.36. The van der Waals surface area contributed by atoms with Crippen LogP contribution in [-0.2, 0) is 6.61 Å². The smallest absolute Gasteiger partial charge is 0.134 e. The fraction of sp³-hybridized carbons (Fsp3) is 0.118. The van der Waals surface area contributed by atoms with E-state index in [4.69, 9.17) is 4.74 Å². The number of hydrogen-bond acceptors (Lipinski definition) is 3. The van der Waals surface area contributed by atoms with Gasteiger partial charge in [0, 0.05) is 10.9 Å². The average Bonchev–Trinajstić information content (AvgIpc) is 2.96. The van der Waals surface area contributed by atoms with Gasteiger partial charge in [-0.15, -0.1) is 11.3 Å². The van der Waals surface area contributed by atoms with Crippen LogP contribution in [0.4, 0.5) is 0 Å². The van der Waals surface area contributed by atoms with Crippen molar-refractivity contribution in [1.29, 1.82) is 0 Å². The number of aromatic nitrogens is 1. The molecule has 0 amide bonds. The van der Waals surface area contributed by atoms with E-state index in [2.05, 4.69) is 52.1 Å². The van der Waals surface area contributed by atoms with E-state index < -0.39 is 0 Å². The van der Waals surface area contributed by atoms with Crippen LogP contribution in [0.25, 0.3) is 10.6 Å². The molecule has 2 nitrogen and oxygen atoms in total. The van der Waals surface area contributed by atoms with Crippen LogP contribution in [0.1, 0.15) is 11.3 Å². The molecule has 0 spiro atoms. The lowest BCUT2D eigenvalue weighted by atomic mass is 10.2. The third-order valence-corrected chi connectivity index (χ3v) is 4.66. The van der Waals surface area contributed by atoms with Crippen molar-refractivity contribution in [3.63, 3.8) is 0 Å². The number of halogens is 1. The summed E-state index contributed by atoms with van der Waals surface area (Å²) in [7, 11) is 0. The molecule has 0 aliphatic heterocycles. The first-order valence-corrected chi connectivity index (χ1v) is 8.28. The molecule has 0 N–H and O–H groups in total. The molecule has 0 bridgehead atoms. The zero-order valence-corrected chi connectivity index (χ0v) is 13.9. The van der Waals surface area contributed by atoms with Crippen LogP contribution in [0.3, 0.4) is 0 Å². The molecule has 2 aromatic carbocycles. The summed E-state index contributed by atoms with van der Waals surface area (Å²) in [6.45, 7) is 2.56. The van der Waals surface area contributed by atoms with E-state index in [-0.39, 0.29) is 0 Å². The van der Waals surface area contributed by atoms with Crippen molar-refractivity contribution in [3.8, 4) is 16.3 Å². The Morgan fingerprint density at radius 2 is 1.86 bits per heavy atom. The van der Waals surface area contributed by atoms with Gasteiger partial charge in [0.1, 0.15) is 17.4 Å². The SMILES string of the molecule is Cc1ccc(-c2nc(COc3ccccc3Br)cs2)cc1. The van der Waals surface area contributed by atoms with Crippen LogP contribution < -0.4 is 4.74 Å². The fourth-order valence-electron chi connectivity index (χ4n) is 1.92. The summed E-state index contributed by atoms with van der Waals surface area (Å²) in [4.78, 5) is 4.63. The van der Waals surface area contributed by atoms with E-state index in [0.29, 0.717) is 6.61 Å². The van der Waals surface area contributed by atoms with Crippen LogP contribution >= 0.6 is 27.3 Å². The molecule has 1 aromatic heterocycles. The molecule has 106 valence electrons. The van der Waals surface area contributed by atoms with Crippen molar-refractivity contribution >= 4 is 27.3 Å². The van der Waals surface area contributed by atoms with Crippen molar-refractivity contribution in [3.05, 3.63) is 69.6 Å². The van der Waals surface area contributed by atoms with E-state index >= 15 is 0 Å². The van der Waals surface area contributed by atoms with E-state index in [1.807, 2.05) is 29.6 Å².